The second kappa shape index (κ2) is 11.3. The molecule has 0 atom stereocenters. The number of benzene rings is 2. The van der Waals surface area contributed by atoms with E-state index in [-0.39, 0.29) is 35.6 Å². The van der Waals surface area contributed by atoms with Gasteiger partial charge in [0.05, 0.1) is 0 Å². The molecule has 3 heteroatoms. The van der Waals surface area contributed by atoms with Crippen molar-refractivity contribution in [3.05, 3.63) is 91.3 Å². The van der Waals surface area contributed by atoms with Gasteiger partial charge in [0, 0.05) is 0 Å². The van der Waals surface area contributed by atoms with Gasteiger partial charge < -0.3 is 24.8 Å². The Morgan fingerprint density at radius 1 is 0.683 bits per heavy atom. The first-order valence-corrected chi connectivity index (χ1v) is 19.3. The summed E-state index contributed by atoms with van der Waals surface area (Å²) >= 11 is -2.20. The van der Waals surface area contributed by atoms with E-state index < -0.39 is 21.3 Å². The second-order valence-electron chi connectivity index (χ2n) is 14.3. The first kappa shape index (κ1) is 31.2. The fourth-order valence-corrected chi connectivity index (χ4v) is 17.6. The van der Waals surface area contributed by atoms with Gasteiger partial charge in [0.1, 0.15) is 0 Å². The standard InChI is InChI=1S/C27H29.C6H10.C5H5.2ClH.Zr/c1-16-7-9-26(3,4)24-12-18-11-19-13-25-21(17(2)8-10-27(25,5)6)15-23(19)22(18)14-20(16)24;1-2-4-6-5-3-1;1-2-4-5-3-1;;;/h7-8,11-15H,9-10H2,1-6H3;1-5H2;1-3H,4H2;2*1H;/q;;;;;+2/p-2. The zero-order chi connectivity index (χ0) is 27.1. The molecule has 7 rings (SSSR count). The van der Waals surface area contributed by atoms with Crippen LogP contribution in [0.25, 0.3) is 22.3 Å². The van der Waals surface area contributed by atoms with Gasteiger partial charge in [-0.1, -0.05) is 0 Å². The normalized spacial score (nSPS) is 21.1. The molecule has 0 heterocycles. The minimum absolute atomic E-state index is 0. The largest absolute Gasteiger partial charge is 1.00 e. The van der Waals surface area contributed by atoms with E-state index in [0.29, 0.717) is 3.63 Å². The quantitative estimate of drug-likeness (QED) is 0.444. The van der Waals surface area contributed by atoms with Crippen LogP contribution in [-0.2, 0) is 32.1 Å². The van der Waals surface area contributed by atoms with Gasteiger partial charge in [0.25, 0.3) is 0 Å². The topological polar surface area (TPSA) is 0 Å². The molecule has 1 fully saturated rings. The van der Waals surface area contributed by atoms with Gasteiger partial charge in [-0.25, -0.2) is 0 Å². The van der Waals surface area contributed by atoms with Crippen LogP contribution in [0.3, 0.4) is 0 Å². The molecule has 0 unspecified atom stereocenters. The van der Waals surface area contributed by atoms with E-state index in [2.05, 4.69) is 96.2 Å². The molecule has 0 saturated heterocycles. The Balaban J connectivity index is 0.00000169. The van der Waals surface area contributed by atoms with E-state index >= 15 is 0 Å². The SMILES string of the molecule is CC1=CCC(C)(C)c2cc3c(cc21)-c1cc2c(cc1[CH]3[Zr+2]([C]1=CC=CC1)=[C]1CCCCC1)C(C)(C)CC=C2C.[Cl-].[Cl-]. The Labute approximate surface area is 268 Å². The van der Waals surface area contributed by atoms with Gasteiger partial charge in [0.15, 0.2) is 0 Å². The summed E-state index contributed by atoms with van der Waals surface area (Å²) in [6, 6.07) is 10.7. The summed E-state index contributed by atoms with van der Waals surface area (Å²) in [5.41, 5.74) is 16.0. The van der Waals surface area contributed by atoms with Crippen LogP contribution in [0, 0.1) is 0 Å². The van der Waals surface area contributed by atoms with Gasteiger partial charge >= 0.3 is 245 Å². The Morgan fingerprint density at radius 2 is 1.20 bits per heavy atom. The van der Waals surface area contributed by atoms with Gasteiger partial charge in [-0.2, -0.15) is 0 Å². The molecule has 0 aliphatic heterocycles. The van der Waals surface area contributed by atoms with E-state index in [4.69, 9.17) is 0 Å². The summed E-state index contributed by atoms with van der Waals surface area (Å²) in [6.45, 7) is 14.5. The van der Waals surface area contributed by atoms with Crippen molar-refractivity contribution >= 4 is 14.4 Å². The molecule has 0 N–H and O–H groups in total. The van der Waals surface area contributed by atoms with Crippen LogP contribution in [-0.4, -0.2) is 3.21 Å². The summed E-state index contributed by atoms with van der Waals surface area (Å²) in [5.74, 6) is 0. The predicted molar refractivity (Wildman–Crippen MR) is 166 cm³/mol. The minimum atomic E-state index is -2.20. The van der Waals surface area contributed by atoms with Crippen LogP contribution in [0.1, 0.15) is 130 Å². The maximum atomic E-state index is 2.73. The Hall–Kier alpha value is -1.27. The number of fused-ring (bicyclic) bond motifs is 5. The average Bonchev–Trinajstić information content (AvgIpc) is 3.56. The third-order valence-electron chi connectivity index (χ3n) is 10.7. The maximum absolute atomic E-state index is 2.73. The molecule has 1 saturated carbocycles. The molecule has 0 spiro atoms. The molecule has 0 bridgehead atoms. The van der Waals surface area contributed by atoms with E-state index in [9.17, 15) is 0 Å². The fourth-order valence-electron chi connectivity index (χ4n) is 8.20. The number of hydrogen-bond donors (Lipinski definition) is 0. The maximum Gasteiger partial charge on any atom is -1.00 e. The Morgan fingerprint density at radius 3 is 1.66 bits per heavy atom. The average molecular weight is 663 g/mol. The van der Waals surface area contributed by atoms with Crippen molar-refractivity contribution < 1.29 is 46.1 Å². The number of rotatable bonds is 2. The smallest absolute Gasteiger partial charge is 1.00 e. The third kappa shape index (κ3) is 5.05. The van der Waals surface area contributed by atoms with E-state index in [1.807, 2.05) is 6.49 Å². The van der Waals surface area contributed by atoms with Crippen LogP contribution in [0.5, 0.6) is 0 Å². The van der Waals surface area contributed by atoms with Crippen LogP contribution in [0.4, 0.5) is 0 Å². The monoisotopic (exact) mass is 660 g/mol. The van der Waals surface area contributed by atoms with Crippen molar-refractivity contribution in [3.63, 3.8) is 0 Å². The molecule has 0 nitrogen and oxygen atoms in total. The first-order valence-electron chi connectivity index (χ1n) is 15.5. The van der Waals surface area contributed by atoms with Gasteiger partial charge in [-0.3, -0.25) is 0 Å². The van der Waals surface area contributed by atoms with Crippen molar-refractivity contribution in [1.82, 2.24) is 0 Å². The third-order valence-corrected chi connectivity index (χ3v) is 19.3. The zero-order valence-electron chi connectivity index (χ0n) is 25.7. The molecule has 41 heavy (non-hydrogen) atoms. The first-order chi connectivity index (χ1) is 18.7. The summed E-state index contributed by atoms with van der Waals surface area (Å²) in [4.78, 5) is 0. The molecule has 0 radical (unpaired) electrons. The van der Waals surface area contributed by atoms with Crippen molar-refractivity contribution in [1.29, 1.82) is 0 Å². The van der Waals surface area contributed by atoms with Crippen LogP contribution in [0.15, 0.2) is 57.9 Å². The summed E-state index contributed by atoms with van der Waals surface area (Å²) in [5, 5.41) is 0. The van der Waals surface area contributed by atoms with Crippen molar-refractivity contribution in [3.8, 4) is 11.1 Å². The molecule has 214 valence electrons. The van der Waals surface area contributed by atoms with Gasteiger partial charge in [0.2, 0.25) is 0 Å². The molecule has 5 aliphatic rings. The van der Waals surface area contributed by atoms with Crippen molar-refractivity contribution in [2.75, 3.05) is 0 Å². The molecular formula is C38H44Cl2Zr. The van der Waals surface area contributed by atoms with E-state index in [0.717, 1.165) is 12.8 Å². The molecule has 2 aromatic carbocycles. The molecule has 2 aromatic rings. The number of hydrogen-bond acceptors (Lipinski definition) is 0. The number of halogens is 2. The van der Waals surface area contributed by atoms with Crippen LogP contribution < -0.4 is 24.8 Å². The van der Waals surface area contributed by atoms with Crippen molar-refractivity contribution in [2.45, 2.75) is 107 Å². The van der Waals surface area contributed by atoms with Crippen LogP contribution in [0.2, 0.25) is 0 Å². The summed E-state index contributed by atoms with van der Waals surface area (Å²) < 4.78 is 4.49. The predicted octanol–water partition coefficient (Wildman–Crippen LogP) is 4.53. The molecule has 0 aromatic heterocycles. The summed E-state index contributed by atoms with van der Waals surface area (Å²) in [7, 11) is 0. The molecular weight excluding hydrogens is 619 g/mol. The van der Waals surface area contributed by atoms with Crippen molar-refractivity contribution in [2.24, 2.45) is 0 Å². The Kier molecular flexibility index (Phi) is 8.62. The fraction of sp³-hybridized carbons (Fsp3) is 0.447. The van der Waals surface area contributed by atoms with Gasteiger partial charge in [-0.05, 0) is 0 Å². The molecule has 5 aliphatic carbocycles. The summed E-state index contributed by atoms with van der Waals surface area (Å²) in [6.07, 6.45) is 22.9. The second-order valence-corrected chi connectivity index (χ2v) is 21.0. The van der Waals surface area contributed by atoms with Crippen LogP contribution >= 0.6 is 0 Å². The number of allylic oxidation sites excluding steroid dienone is 8. The van der Waals surface area contributed by atoms with E-state index in [1.165, 1.54) is 60.8 Å². The van der Waals surface area contributed by atoms with E-state index in [1.54, 1.807) is 33.4 Å². The molecule has 0 amide bonds. The zero-order valence-corrected chi connectivity index (χ0v) is 29.7. The minimum Gasteiger partial charge on any atom is -1.00 e. The van der Waals surface area contributed by atoms with Gasteiger partial charge in [-0.15, -0.1) is 0 Å². The Bertz CT molecular complexity index is 1480.